The van der Waals surface area contributed by atoms with Crippen LogP contribution in [0.15, 0.2) is 43.0 Å². The lowest BCUT2D eigenvalue weighted by Gasteiger charge is -2.36. The number of piperidine rings is 1. The number of imidazole rings is 1. The molecule has 1 atom stereocenters. The standard InChI is InChI=1S/C22H29N5O/c1-3-26-17(2)14-18-15-19(7-8-21(18)26)24-22(28)27-11-5-4-6-20(27)9-12-25-13-10-23-16-25/h7-8,10,13-16,20H,3-6,9,11-12H2,1-2H3,(H,24,28)/t20-/m0/s1. The van der Waals surface area contributed by atoms with Crippen LogP contribution in [0.5, 0.6) is 0 Å². The van der Waals surface area contributed by atoms with Gasteiger partial charge in [-0.1, -0.05) is 0 Å². The summed E-state index contributed by atoms with van der Waals surface area (Å²) in [5.74, 6) is 0. The summed E-state index contributed by atoms with van der Waals surface area (Å²) in [5, 5.41) is 4.31. The minimum absolute atomic E-state index is 0.0151. The first kappa shape index (κ1) is 18.6. The Morgan fingerprint density at radius 2 is 2.18 bits per heavy atom. The molecule has 1 aliphatic heterocycles. The molecule has 1 saturated heterocycles. The highest BCUT2D eigenvalue weighted by atomic mass is 16.2. The Labute approximate surface area is 166 Å². The van der Waals surface area contributed by atoms with E-state index in [1.807, 2.05) is 23.5 Å². The number of amides is 2. The van der Waals surface area contributed by atoms with Crippen molar-refractivity contribution in [3.63, 3.8) is 0 Å². The molecule has 0 spiro atoms. The largest absolute Gasteiger partial charge is 0.345 e. The number of fused-ring (bicyclic) bond motifs is 1. The molecule has 148 valence electrons. The van der Waals surface area contributed by atoms with E-state index in [9.17, 15) is 4.79 Å². The third-order valence-electron chi connectivity index (χ3n) is 5.84. The molecule has 4 rings (SSSR count). The highest BCUT2D eigenvalue weighted by molar-refractivity contribution is 5.93. The molecule has 0 aliphatic carbocycles. The van der Waals surface area contributed by atoms with Crippen LogP contribution in [-0.2, 0) is 13.1 Å². The van der Waals surface area contributed by atoms with Crippen molar-refractivity contribution < 1.29 is 4.79 Å². The molecule has 0 radical (unpaired) electrons. The predicted octanol–water partition coefficient (Wildman–Crippen LogP) is 4.64. The maximum absolute atomic E-state index is 13.0. The van der Waals surface area contributed by atoms with E-state index in [2.05, 4.69) is 51.5 Å². The predicted molar refractivity (Wildman–Crippen MR) is 113 cm³/mol. The number of hydrogen-bond acceptors (Lipinski definition) is 2. The van der Waals surface area contributed by atoms with Crippen molar-refractivity contribution in [1.29, 1.82) is 0 Å². The third-order valence-corrected chi connectivity index (χ3v) is 5.84. The van der Waals surface area contributed by atoms with Crippen molar-refractivity contribution in [2.75, 3.05) is 11.9 Å². The Morgan fingerprint density at radius 1 is 1.29 bits per heavy atom. The highest BCUT2D eigenvalue weighted by Gasteiger charge is 2.26. The van der Waals surface area contributed by atoms with Gasteiger partial charge in [0.15, 0.2) is 0 Å². The van der Waals surface area contributed by atoms with Crippen LogP contribution in [0.1, 0.15) is 38.3 Å². The zero-order chi connectivity index (χ0) is 19.5. The number of nitrogens with zero attached hydrogens (tertiary/aromatic N) is 4. The second-order valence-electron chi connectivity index (χ2n) is 7.67. The summed E-state index contributed by atoms with van der Waals surface area (Å²) in [6.07, 6.45) is 9.91. The molecule has 3 aromatic rings. The van der Waals surface area contributed by atoms with Crippen LogP contribution in [0.3, 0.4) is 0 Å². The van der Waals surface area contributed by atoms with E-state index in [-0.39, 0.29) is 12.1 Å². The molecule has 0 bridgehead atoms. The average Bonchev–Trinajstić information content (AvgIpc) is 3.32. The second kappa shape index (κ2) is 8.09. The fraction of sp³-hybridized carbons (Fsp3) is 0.455. The van der Waals surface area contributed by atoms with Crippen molar-refractivity contribution in [2.24, 2.45) is 0 Å². The summed E-state index contributed by atoms with van der Waals surface area (Å²) < 4.78 is 4.37. The van der Waals surface area contributed by atoms with Crippen LogP contribution in [-0.4, -0.2) is 37.6 Å². The summed E-state index contributed by atoms with van der Waals surface area (Å²) in [6, 6.07) is 8.68. The number of aromatic nitrogens is 3. The molecule has 6 heteroatoms. The summed E-state index contributed by atoms with van der Waals surface area (Å²) in [7, 11) is 0. The van der Waals surface area contributed by atoms with Crippen LogP contribution in [0.4, 0.5) is 10.5 Å². The van der Waals surface area contributed by atoms with Gasteiger partial charge in [0.25, 0.3) is 0 Å². The quantitative estimate of drug-likeness (QED) is 0.702. The summed E-state index contributed by atoms with van der Waals surface area (Å²) in [6.45, 7) is 6.95. The van der Waals surface area contributed by atoms with E-state index >= 15 is 0 Å². The summed E-state index contributed by atoms with van der Waals surface area (Å²) >= 11 is 0. The van der Waals surface area contributed by atoms with Crippen LogP contribution >= 0.6 is 0 Å². The molecule has 1 N–H and O–H groups in total. The van der Waals surface area contributed by atoms with Crippen LogP contribution in [0.25, 0.3) is 10.9 Å². The molecule has 0 saturated carbocycles. The minimum atomic E-state index is 0.0151. The Morgan fingerprint density at radius 3 is 2.96 bits per heavy atom. The van der Waals surface area contributed by atoms with E-state index in [0.717, 1.165) is 44.6 Å². The molecule has 6 nitrogen and oxygen atoms in total. The molecular weight excluding hydrogens is 350 g/mol. The Kier molecular flexibility index (Phi) is 5.37. The number of benzene rings is 1. The first-order valence-corrected chi connectivity index (χ1v) is 10.3. The van der Waals surface area contributed by atoms with Gasteiger partial charge >= 0.3 is 6.03 Å². The number of urea groups is 1. The number of rotatable bonds is 5. The van der Waals surface area contributed by atoms with Gasteiger partial charge in [0.1, 0.15) is 0 Å². The van der Waals surface area contributed by atoms with Gasteiger partial charge in [0, 0.05) is 60.4 Å². The summed E-state index contributed by atoms with van der Waals surface area (Å²) in [4.78, 5) is 19.1. The zero-order valence-corrected chi connectivity index (χ0v) is 16.8. The topological polar surface area (TPSA) is 55.1 Å². The number of anilines is 1. The number of aryl methyl sites for hydroxylation is 3. The van der Waals surface area contributed by atoms with Gasteiger partial charge in [-0.3, -0.25) is 0 Å². The number of likely N-dealkylation sites (tertiary alicyclic amines) is 1. The number of carbonyl (C=O) groups excluding carboxylic acids is 1. The number of hydrogen-bond donors (Lipinski definition) is 1. The van der Waals surface area contributed by atoms with Gasteiger partial charge in [-0.05, 0) is 63.8 Å². The van der Waals surface area contributed by atoms with Crippen molar-refractivity contribution >= 4 is 22.6 Å². The van der Waals surface area contributed by atoms with E-state index in [1.165, 1.54) is 23.0 Å². The first-order valence-electron chi connectivity index (χ1n) is 10.3. The zero-order valence-electron chi connectivity index (χ0n) is 16.8. The van der Waals surface area contributed by atoms with Crippen molar-refractivity contribution in [1.82, 2.24) is 19.0 Å². The van der Waals surface area contributed by atoms with Crippen molar-refractivity contribution in [3.05, 3.63) is 48.7 Å². The average molecular weight is 380 g/mol. The van der Waals surface area contributed by atoms with E-state index in [0.29, 0.717) is 0 Å². The molecule has 3 heterocycles. The molecule has 0 unspecified atom stereocenters. The van der Waals surface area contributed by atoms with Crippen LogP contribution in [0.2, 0.25) is 0 Å². The Hall–Kier alpha value is -2.76. The lowest BCUT2D eigenvalue weighted by Crippen LogP contribution is -2.46. The van der Waals surface area contributed by atoms with Gasteiger partial charge in [-0.25, -0.2) is 9.78 Å². The molecular formula is C22H29N5O. The van der Waals surface area contributed by atoms with Crippen molar-refractivity contribution in [3.8, 4) is 0 Å². The molecule has 1 aromatic carbocycles. The monoisotopic (exact) mass is 379 g/mol. The Balaban J connectivity index is 1.45. The van der Waals surface area contributed by atoms with Gasteiger partial charge in [0.05, 0.1) is 6.33 Å². The van der Waals surface area contributed by atoms with Crippen LogP contribution < -0.4 is 5.32 Å². The lowest BCUT2D eigenvalue weighted by molar-refractivity contribution is 0.155. The normalized spacial score (nSPS) is 17.2. The lowest BCUT2D eigenvalue weighted by atomic mass is 9.99. The third kappa shape index (κ3) is 3.77. The maximum atomic E-state index is 13.0. The Bertz CT molecular complexity index is 943. The molecule has 1 fully saturated rings. The number of nitrogens with one attached hydrogen (secondary N) is 1. The van der Waals surface area contributed by atoms with Gasteiger partial charge in [-0.2, -0.15) is 0 Å². The minimum Gasteiger partial charge on any atom is -0.345 e. The number of carbonyl (C=O) groups is 1. The van der Waals surface area contributed by atoms with Crippen molar-refractivity contribution in [2.45, 2.75) is 58.7 Å². The molecule has 2 aromatic heterocycles. The fourth-order valence-corrected chi connectivity index (χ4v) is 4.39. The molecule has 28 heavy (non-hydrogen) atoms. The van der Waals surface area contributed by atoms with Gasteiger partial charge in [-0.15, -0.1) is 0 Å². The highest BCUT2D eigenvalue weighted by Crippen LogP contribution is 2.25. The molecule has 2 amide bonds. The second-order valence-corrected chi connectivity index (χ2v) is 7.67. The molecule has 1 aliphatic rings. The van der Waals surface area contributed by atoms with E-state index in [1.54, 1.807) is 6.20 Å². The first-order chi connectivity index (χ1) is 13.7. The fourth-order valence-electron chi connectivity index (χ4n) is 4.39. The van der Waals surface area contributed by atoms with E-state index in [4.69, 9.17) is 0 Å². The smallest absolute Gasteiger partial charge is 0.322 e. The van der Waals surface area contributed by atoms with Crippen LogP contribution in [0, 0.1) is 6.92 Å². The summed E-state index contributed by atoms with van der Waals surface area (Å²) in [5.41, 5.74) is 3.33. The van der Waals surface area contributed by atoms with E-state index < -0.39 is 0 Å². The van der Waals surface area contributed by atoms with Gasteiger partial charge in [0.2, 0.25) is 0 Å². The SMILES string of the molecule is CCn1c(C)cc2cc(NC(=O)N3CCCC[C@H]3CCn3ccnc3)ccc21. The van der Waals surface area contributed by atoms with Gasteiger partial charge < -0.3 is 19.4 Å². The maximum Gasteiger partial charge on any atom is 0.322 e.